The van der Waals surface area contributed by atoms with Crippen molar-refractivity contribution in [2.45, 2.75) is 33.2 Å². The number of halogens is 2. The number of aryl methyl sites for hydroxylation is 1. The van der Waals surface area contributed by atoms with Gasteiger partial charge in [-0.3, -0.25) is 0 Å². The van der Waals surface area contributed by atoms with Crippen LogP contribution in [0.5, 0.6) is 0 Å². The summed E-state index contributed by atoms with van der Waals surface area (Å²) in [4.78, 5) is 0. The minimum Gasteiger partial charge on any atom is -0.306 e. The lowest BCUT2D eigenvalue weighted by Gasteiger charge is -2.23. The molecule has 0 radical (unpaired) electrons. The maximum Gasteiger partial charge on any atom is 0.123 e. The summed E-state index contributed by atoms with van der Waals surface area (Å²) in [6.07, 6.45) is 1.01. The first kappa shape index (κ1) is 16.0. The number of hydrogen-bond acceptors (Lipinski definition) is 1. The molecule has 0 bridgehead atoms. The normalized spacial score (nSPS) is 12.4. The van der Waals surface area contributed by atoms with E-state index in [0.29, 0.717) is 5.02 Å². The highest BCUT2D eigenvalue weighted by atomic mass is 35.5. The van der Waals surface area contributed by atoms with Crippen LogP contribution in [0.15, 0.2) is 36.4 Å². The third-order valence-corrected chi connectivity index (χ3v) is 4.17. The van der Waals surface area contributed by atoms with Gasteiger partial charge in [-0.2, -0.15) is 0 Å². The highest BCUT2D eigenvalue weighted by Gasteiger charge is 2.19. The Bertz CT molecular complexity index is 623. The molecule has 3 heteroatoms. The van der Waals surface area contributed by atoms with Gasteiger partial charge in [0.2, 0.25) is 0 Å². The number of nitrogens with one attached hydrogen (secondary N) is 1. The van der Waals surface area contributed by atoms with Crippen LogP contribution in [0.25, 0.3) is 0 Å². The summed E-state index contributed by atoms with van der Waals surface area (Å²) in [6, 6.07) is 10.7. The van der Waals surface area contributed by atoms with Crippen LogP contribution in [0.2, 0.25) is 5.02 Å². The van der Waals surface area contributed by atoms with Crippen LogP contribution in [0.4, 0.5) is 4.39 Å². The fourth-order valence-corrected chi connectivity index (χ4v) is 2.73. The van der Waals surface area contributed by atoms with Crippen LogP contribution in [0, 0.1) is 19.7 Å². The average molecular weight is 306 g/mol. The van der Waals surface area contributed by atoms with Gasteiger partial charge in [0.25, 0.3) is 0 Å². The Morgan fingerprint density at radius 3 is 2.62 bits per heavy atom. The molecule has 2 aromatic carbocycles. The zero-order valence-corrected chi connectivity index (χ0v) is 13.5. The Balaban J connectivity index is 2.52. The molecule has 0 heterocycles. The Labute approximate surface area is 131 Å². The molecule has 0 amide bonds. The smallest absolute Gasteiger partial charge is 0.123 e. The first-order valence-electron chi connectivity index (χ1n) is 7.29. The predicted octanol–water partition coefficient (Wildman–Crippen LogP) is 5.18. The lowest BCUT2D eigenvalue weighted by molar-refractivity contribution is 0.583. The van der Waals surface area contributed by atoms with Gasteiger partial charge in [-0.15, -0.1) is 0 Å². The molecule has 0 saturated carbocycles. The van der Waals surface area contributed by atoms with Crippen LogP contribution in [0.1, 0.15) is 41.6 Å². The Morgan fingerprint density at radius 2 is 1.90 bits per heavy atom. The van der Waals surface area contributed by atoms with Crippen LogP contribution < -0.4 is 5.32 Å². The SMILES string of the molecule is CCCNC(c1cc(F)ccc1Cl)c1cccc(C)c1C. The standard InChI is InChI=1S/C18H21ClFN/c1-4-10-21-18(15-7-5-6-12(2)13(15)3)16-11-14(20)8-9-17(16)19/h5-9,11,18,21H,4,10H2,1-3H3. The summed E-state index contributed by atoms with van der Waals surface area (Å²) < 4.78 is 13.6. The summed E-state index contributed by atoms with van der Waals surface area (Å²) in [6.45, 7) is 7.15. The first-order valence-corrected chi connectivity index (χ1v) is 7.66. The minimum atomic E-state index is -0.261. The van der Waals surface area contributed by atoms with E-state index in [-0.39, 0.29) is 11.9 Å². The van der Waals surface area contributed by atoms with Crippen molar-refractivity contribution < 1.29 is 4.39 Å². The molecule has 0 aliphatic heterocycles. The first-order chi connectivity index (χ1) is 10.0. The predicted molar refractivity (Wildman–Crippen MR) is 87.5 cm³/mol. The second-order valence-corrected chi connectivity index (χ2v) is 5.75. The quantitative estimate of drug-likeness (QED) is 0.802. The summed E-state index contributed by atoms with van der Waals surface area (Å²) in [5.41, 5.74) is 4.38. The maximum absolute atomic E-state index is 13.6. The molecule has 0 saturated heterocycles. The monoisotopic (exact) mass is 305 g/mol. The van der Waals surface area contributed by atoms with Crippen molar-refractivity contribution in [3.05, 3.63) is 69.5 Å². The summed E-state index contributed by atoms with van der Waals surface area (Å²) in [7, 11) is 0. The number of benzene rings is 2. The van der Waals surface area contributed by atoms with Crippen molar-refractivity contribution in [2.24, 2.45) is 0 Å². The molecular weight excluding hydrogens is 285 g/mol. The van der Waals surface area contributed by atoms with Crippen molar-refractivity contribution >= 4 is 11.6 Å². The molecule has 0 spiro atoms. The molecule has 21 heavy (non-hydrogen) atoms. The van der Waals surface area contributed by atoms with Gasteiger partial charge in [0, 0.05) is 5.02 Å². The highest BCUT2D eigenvalue weighted by Crippen LogP contribution is 2.31. The van der Waals surface area contributed by atoms with E-state index < -0.39 is 0 Å². The van der Waals surface area contributed by atoms with Crippen molar-refractivity contribution in [3.8, 4) is 0 Å². The van der Waals surface area contributed by atoms with E-state index in [1.54, 1.807) is 6.07 Å². The Hall–Kier alpha value is -1.38. The van der Waals surface area contributed by atoms with Crippen LogP contribution in [-0.4, -0.2) is 6.54 Å². The molecule has 1 nitrogen and oxygen atoms in total. The van der Waals surface area contributed by atoms with Gasteiger partial charge in [-0.1, -0.05) is 36.7 Å². The largest absolute Gasteiger partial charge is 0.306 e. The molecule has 2 rings (SSSR count). The molecule has 1 atom stereocenters. The van der Waals surface area contributed by atoms with E-state index in [1.165, 1.54) is 23.3 Å². The third-order valence-electron chi connectivity index (χ3n) is 3.83. The van der Waals surface area contributed by atoms with Gasteiger partial charge in [0.1, 0.15) is 5.82 Å². The van der Waals surface area contributed by atoms with E-state index in [9.17, 15) is 4.39 Å². The van der Waals surface area contributed by atoms with E-state index in [1.807, 2.05) is 6.07 Å². The zero-order valence-electron chi connectivity index (χ0n) is 12.7. The third kappa shape index (κ3) is 3.63. The number of hydrogen-bond donors (Lipinski definition) is 1. The summed E-state index contributed by atoms with van der Waals surface area (Å²) in [5, 5.41) is 4.08. The summed E-state index contributed by atoms with van der Waals surface area (Å²) >= 11 is 6.31. The Morgan fingerprint density at radius 1 is 1.14 bits per heavy atom. The van der Waals surface area contributed by atoms with Gasteiger partial charge >= 0.3 is 0 Å². The van der Waals surface area contributed by atoms with Crippen molar-refractivity contribution in [3.63, 3.8) is 0 Å². The van der Waals surface area contributed by atoms with Gasteiger partial charge in [0.05, 0.1) is 6.04 Å². The fraction of sp³-hybridized carbons (Fsp3) is 0.333. The highest BCUT2D eigenvalue weighted by molar-refractivity contribution is 6.31. The molecule has 1 N–H and O–H groups in total. The van der Waals surface area contributed by atoms with E-state index >= 15 is 0 Å². The second-order valence-electron chi connectivity index (χ2n) is 5.34. The molecule has 0 aromatic heterocycles. The van der Waals surface area contributed by atoms with Crippen molar-refractivity contribution in [1.82, 2.24) is 5.32 Å². The van der Waals surface area contributed by atoms with E-state index in [2.05, 4.69) is 38.2 Å². The van der Waals surface area contributed by atoms with Crippen molar-refractivity contribution in [2.75, 3.05) is 6.54 Å². The Kier molecular flexibility index (Phi) is 5.38. The molecule has 112 valence electrons. The topological polar surface area (TPSA) is 12.0 Å². The van der Waals surface area contributed by atoms with Gasteiger partial charge in [-0.25, -0.2) is 4.39 Å². The van der Waals surface area contributed by atoms with Gasteiger partial charge < -0.3 is 5.32 Å². The molecule has 0 fully saturated rings. The minimum absolute atomic E-state index is 0.0898. The van der Waals surface area contributed by atoms with Crippen LogP contribution in [-0.2, 0) is 0 Å². The molecular formula is C18H21ClFN. The maximum atomic E-state index is 13.6. The van der Waals surface area contributed by atoms with E-state index in [0.717, 1.165) is 24.1 Å². The molecule has 2 aromatic rings. The molecule has 0 aliphatic carbocycles. The fourth-order valence-electron chi connectivity index (χ4n) is 2.50. The summed E-state index contributed by atoms with van der Waals surface area (Å²) in [5.74, 6) is -0.261. The van der Waals surface area contributed by atoms with Crippen LogP contribution >= 0.6 is 11.6 Å². The van der Waals surface area contributed by atoms with Gasteiger partial charge in [-0.05, 0) is 67.3 Å². The zero-order chi connectivity index (χ0) is 15.4. The average Bonchev–Trinajstić information content (AvgIpc) is 2.47. The van der Waals surface area contributed by atoms with Crippen molar-refractivity contribution in [1.29, 1.82) is 0 Å². The number of rotatable bonds is 5. The lowest BCUT2D eigenvalue weighted by atomic mass is 9.92. The lowest BCUT2D eigenvalue weighted by Crippen LogP contribution is -2.24. The molecule has 1 unspecified atom stereocenters. The second kappa shape index (κ2) is 7.06. The molecule has 0 aliphatic rings. The van der Waals surface area contributed by atoms with E-state index in [4.69, 9.17) is 11.6 Å². The van der Waals surface area contributed by atoms with Gasteiger partial charge in [0.15, 0.2) is 0 Å². The van der Waals surface area contributed by atoms with Crippen LogP contribution in [0.3, 0.4) is 0 Å².